The van der Waals surface area contributed by atoms with Crippen LogP contribution in [0, 0.1) is 0 Å². The number of nitrogens with zero attached hydrogens (tertiary/aromatic N) is 2. The lowest BCUT2D eigenvalue weighted by Gasteiger charge is -2.07. The highest BCUT2D eigenvalue weighted by atomic mass is 32.2. The Morgan fingerprint density at radius 3 is 3.06 bits per heavy atom. The number of hydrogen-bond acceptors (Lipinski definition) is 3. The van der Waals surface area contributed by atoms with Crippen LogP contribution < -0.4 is 0 Å². The van der Waals surface area contributed by atoms with Crippen molar-refractivity contribution in [3.05, 3.63) is 47.8 Å². The third kappa shape index (κ3) is 2.23. The van der Waals surface area contributed by atoms with Crippen LogP contribution in [-0.4, -0.2) is 20.1 Å². The third-order valence-electron chi connectivity index (χ3n) is 2.97. The number of rotatable bonds is 3. The van der Waals surface area contributed by atoms with E-state index >= 15 is 0 Å². The molecule has 0 saturated heterocycles. The van der Waals surface area contributed by atoms with Crippen molar-refractivity contribution in [2.24, 2.45) is 0 Å². The van der Waals surface area contributed by atoms with Crippen LogP contribution >= 0.6 is 11.8 Å². The van der Waals surface area contributed by atoms with Gasteiger partial charge in [-0.15, -0.1) is 11.8 Å². The van der Waals surface area contributed by atoms with Crippen molar-refractivity contribution in [1.29, 1.82) is 0 Å². The molecule has 3 rings (SSSR count). The molecular weight excluding hydrogens is 232 g/mol. The maximum absolute atomic E-state index is 9.00. The molecule has 1 N–H and O–H groups in total. The second kappa shape index (κ2) is 4.55. The van der Waals surface area contributed by atoms with Gasteiger partial charge >= 0.3 is 0 Å². The first-order valence-electron chi connectivity index (χ1n) is 5.72. The molecule has 2 heterocycles. The number of aliphatic hydroxyl groups excluding tert-OH is 1. The summed E-state index contributed by atoms with van der Waals surface area (Å²) in [4.78, 5) is 1.40. The van der Waals surface area contributed by atoms with Gasteiger partial charge in [-0.2, -0.15) is 5.10 Å². The summed E-state index contributed by atoms with van der Waals surface area (Å²) in [6.45, 7) is 0.970. The number of hydrogen-bond donors (Lipinski definition) is 1. The van der Waals surface area contributed by atoms with Crippen LogP contribution in [0.4, 0.5) is 0 Å². The molecule has 0 saturated carbocycles. The minimum absolute atomic E-state index is 0.0675. The summed E-state index contributed by atoms with van der Waals surface area (Å²) in [5, 5.41) is 13.8. The number of aromatic nitrogens is 2. The summed E-state index contributed by atoms with van der Waals surface area (Å²) < 4.78 is 1.93. The summed E-state index contributed by atoms with van der Waals surface area (Å²) in [5.74, 6) is 0. The van der Waals surface area contributed by atoms with Crippen LogP contribution in [-0.2, 0) is 19.6 Å². The van der Waals surface area contributed by atoms with Crippen molar-refractivity contribution in [3.8, 4) is 0 Å². The van der Waals surface area contributed by atoms with E-state index in [9.17, 15) is 0 Å². The Kier molecular flexibility index (Phi) is 2.91. The second-order valence-corrected chi connectivity index (χ2v) is 5.62. The Hall–Kier alpha value is -1.26. The molecule has 0 fully saturated rings. The van der Waals surface area contributed by atoms with Crippen molar-refractivity contribution in [1.82, 2.24) is 9.78 Å². The largest absolute Gasteiger partial charge is 0.392 e. The Balaban J connectivity index is 1.69. The van der Waals surface area contributed by atoms with E-state index in [4.69, 9.17) is 5.11 Å². The highest BCUT2D eigenvalue weighted by molar-refractivity contribution is 8.00. The molecule has 3 nitrogen and oxygen atoms in total. The number of thioether (sulfide) groups is 1. The minimum Gasteiger partial charge on any atom is -0.392 e. The molecule has 1 atom stereocenters. The fourth-order valence-electron chi connectivity index (χ4n) is 2.15. The van der Waals surface area contributed by atoms with E-state index in [1.165, 1.54) is 10.5 Å². The zero-order valence-electron chi connectivity index (χ0n) is 9.41. The van der Waals surface area contributed by atoms with Crippen molar-refractivity contribution in [2.45, 2.75) is 29.7 Å². The number of aliphatic hydroxyl groups is 1. The topological polar surface area (TPSA) is 38.1 Å². The average molecular weight is 246 g/mol. The number of fused-ring (bicyclic) bond motifs is 1. The summed E-state index contributed by atoms with van der Waals surface area (Å²) in [6, 6.07) is 8.57. The lowest BCUT2D eigenvalue weighted by molar-refractivity contribution is 0.281. The van der Waals surface area contributed by atoms with Crippen LogP contribution in [0.25, 0.3) is 0 Å². The molecule has 0 amide bonds. The standard InChI is InChI=1S/C13H14N2OS/c16-9-10-6-14-15(7-10)8-12-5-11-3-1-2-4-13(11)17-12/h1-4,6-7,12,16H,5,8-9H2. The van der Waals surface area contributed by atoms with E-state index in [0.717, 1.165) is 18.5 Å². The summed E-state index contributed by atoms with van der Waals surface area (Å²) >= 11 is 1.92. The van der Waals surface area contributed by atoms with Crippen LogP contribution in [0.2, 0.25) is 0 Å². The van der Waals surface area contributed by atoms with Crippen LogP contribution in [0.5, 0.6) is 0 Å². The third-order valence-corrected chi connectivity index (χ3v) is 4.28. The Morgan fingerprint density at radius 2 is 2.29 bits per heavy atom. The first kappa shape index (κ1) is 10.9. The second-order valence-electron chi connectivity index (χ2n) is 4.28. The zero-order valence-corrected chi connectivity index (χ0v) is 10.2. The predicted molar refractivity (Wildman–Crippen MR) is 67.9 cm³/mol. The Bertz CT molecular complexity index is 499. The van der Waals surface area contributed by atoms with Crippen molar-refractivity contribution < 1.29 is 5.11 Å². The van der Waals surface area contributed by atoms with E-state index in [0.29, 0.717) is 5.25 Å². The monoisotopic (exact) mass is 246 g/mol. The van der Waals surface area contributed by atoms with Gasteiger partial charge in [-0.1, -0.05) is 18.2 Å². The first-order chi connectivity index (χ1) is 8.35. The van der Waals surface area contributed by atoms with E-state index < -0.39 is 0 Å². The number of benzene rings is 1. The van der Waals surface area contributed by atoms with Crippen LogP contribution in [0.1, 0.15) is 11.1 Å². The molecular formula is C13H14N2OS. The normalized spacial score (nSPS) is 18.3. The maximum atomic E-state index is 9.00. The van der Waals surface area contributed by atoms with E-state index in [1.54, 1.807) is 6.20 Å². The fraction of sp³-hybridized carbons (Fsp3) is 0.308. The first-order valence-corrected chi connectivity index (χ1v) is 6.60. The molecule has 4 heteroatoms. The highest BCUT2D eigenvalue weighted by Gasteiger charge is 2.22. The smallest absolute Gasteiger partial charge is 0.0712 e. The van der Waals surface area contributed by atoms with Crippen molar-refractivity contribution in [3.63, 3.8) is 0 Å². The highest BCUT2D eigenvalue weighted by Crippen LogP contribution is 2.37. The van der Waals surface area contributed by atoms with Crippen molar-refractivity contribution in [2.75, 3.05) is 0 Å². The van der Waals surface area contributed by atoms with Crippen molar-refractivity contribution >= 4 is 11.8 Å². The SMILES string of the molecule is OCc1cnn(CC2Cc3ccccc3S2)c1. The van der Waals surface area contributed by atoms with Gasteiger partial charge in [0.05, 0.1) is 19.3 Å². The van der Waals surface area contributed by atoms with Crippen LogP contribution in [0.15, 0.2) is 41.6 Å². The Morgan fingerprint density at radius 1 is 1.41 bits per heavy atom. The molecule has 1 aliphatic heterocycles. The van der Waals surface area contributed by atoms with E-state index in [1.807, 2.05) is 22.6 Å². The van der Waals surface area contributed by atoms with E-state index in [-0.39, 0.29) is 6.61 Å². The van der Waals surface area contributed by atoms with Gasteiger partial charge in [0.2, 0.25) is 0 Å². The summed E-state index contributed by atoms with van der Waals surface area (Å²) in [6.07, 6.45) is 4.76. The zero-order chi connectivity index (χ0) is 11.7. The molecule has 2 aromatic rings. The van der Waals surface area contributed by atoms with Gasteiger partial charge in [0, 0.05) is 21.9 Å². The van der Waals surface area contributed by atoms with Gasteiger partial charge in [0.25, 0.3) is 0 Å². The molecule has 17 heavy (non-hydrogen) atoms. The van der Waals surface area contributed by atoms with Gasteiger partial charge in [0.15, 0.2) is 0 Å². The average Bonchev–Trinajstić information content (AvgIpc) is 2.94. The van der Waals surface area contributed by atoms with Gasteiger partial charge in [-0.05, 0) is 18.1 Å². The predicted octanol–water partition coefficient (Wildman–Crippen LogP) is 2.09. The molecule has 88 valence electrons. The lowest BCUT2D eigenvalue weighted by Crippen LogP contribution is -2.12. The molecule has 1 aromatic carbocycles. The molecule has 1 unspecified atom stereocenters. The molecule has 0 radical (unpaired) electrons. The van der Waals surface area contributed by atoms with Gasteiger partial charge < -0.3 is 5.11 Å². The molecule has 0 aliphatic carbocycles. The molecule has 0 bridgehead atoms. The van der Waals surface area contributed by atoms with Crippen LogP contribution in [0.3, 0.4) is 0 Å². The van der Waals surface area contributed by atoms with E-state index in [2.05, 4.69) is 29.4 Å². The van der Waals surface area contributed by atoms with Gasteiger partial charge in [-0.25, -0.2) is 0 Å². The maximum Gasteiger partial charge on any atom is 0.0712 e. The quantitative estimate of drug-likeness (QED) is 0.901. The summed E-state index contributed by atoms with van der Waals surface area (Å²) in [7, 11) is 0. The van der Waals surface area contributed by atoms with Gasteiger partial charge in [0.1, 0.15) is 0 Å². The summed E-state index contributed by atoms with van der Waals surface area (Å²) in [5.41, 5.74) is 2.32. The lowest BCUT2D eigenvalue weighted by atomic mass is 10.1. The molecule has 0 spiro atoms. The molecule has 1 aromatic heterocycles. The van der Waals surface area contributed by atoms with Gasteiger partial charge in [-0.3, -0.25) is 4.68 Å². The Labute approximate surface area is 104 Å². The minimum atomic E-state index is 0.0675. The fourth-order valence-corrected chi connectivity index (χ4v) is 3.46. The molecule has 1 aliphatic rings.